The molecule has 0 bridgehead atoms. The number of nitrogens with zero attached hydrogens (tertiary/aromatic N) is 3. The van der Waals surface area contributed by atoms with E-state index in [0.717, 1.165) is 30.4 Å². The van der Waals surface area contributed by atoms with E-state index >= 15 is 0 Å². The number of hydrogen-bond donors (Lipinski definition) is 1. The molecule has 2 aromatic rings. The Morgan fingerprint density at radius 2 is 2.09 bits per heavy atom. The number of guanidine groups is 1. The van der Waals surface area contributed by atoms with Gasteiger partial charge in [-0.15, -0.1) is 0 Å². The number of benzene rings is 1. The lowest BCUT2D eigenvalue weighted by Crippen LogP contribution is -2.35. The number of hydrogen-bond acceptors (Lipinski definition) is 6. The summed E-state index contributed by atoms with van der Waals surface area (Å²) in [7, 11) is 3.66. The Balaban J connectivity index is 1.58. The fourth-order valence-corrected chi connectivity index (χ4v) is 2.27. The maximum atomic E-state index is 5.73. The fraction of sp³-hybridized carbons (Fsp3) is 0.294. The zero-order valence-corrected chi connectivity index (χ0v) is 13.3. The van der Waals surface area contributed by atoms with E-state index in [0.29, 0.717) is 18.2 Å². The Labute approximate surface area is 135 Å². The van der Waals surface area contributed by atoms with Crippen molar-refractivity contribution < 1.29 is 9.47 Å². The second-order valence-corrected chi connectivity index (χ2v) is 5.27. The average molecular weight is 312 g/mol. The van der Waals surface area contributed by atoms with Crippen LogP contribution >= 0.6 is 0 Å². The molecule has 1 N–H and O–H groups in total. The smallest absolute Gasteiger partial charge is 0.219 e. The number of nitrogens with one attached hydrogen (secondary N) is 1. The summed E-state index contributed by atoms with van der Waals surface area (Å²) in [6.07, 6.45) is 1.80. The zero-order valence-electron chi connectivity index (χ0n) is 13.3. The first kappa shape index (κ1) is 15.1. The third kappa shape index (κ3) is 3.91. The number of methoxy groups -OCH3 is 1. The van der Waals surface area contributed by atoms with Gasteiger partial charge in [0.05, 0.1) is 13.7 Å². The zero-order chi connectivity index (χ0) is 16.1. The van der Waals surface area contributed by atoms with Gasteiger partial charge in [-0.1, -0.05) is 12.1 Å². The summed E-state index contributed by atoms with van der Waals surface area (Å²) in [5.74, 6) is 2.94. The molecular weight excluding hydrogens is 292 g/mol. The minimum atomic E-state index is 0.553. The molecule has 6 heteroatoms. The summed E-state index contributed by atoms with van der Waals surface area (Å²) in [5, 5.41) is 3.31. The number of aromatic nitrogens is 1. The predicted octanol–water partition coefficient (Wildman–Crippen LogP) is 2.27. The minimum absolute atomic E-state index is 0.553. The van der Waals surface area contributed by atoms with E-state index in [1.54, 1.807) is 13.3 Å². The Kier molecular flexibility index (Phi) is 4.61. The van der Waals surface area contributed by atoms with Gasteiger partial charge in [0, 0.05) is 38.5 Å². The lowest BCUT2D eigenvalue weighted by molar-refractivity contribution is 0.407. The molecule has 0 atom stereocenters. The third-order valence-electron chi connectivity index (χ3n) is 3.57. The normalized spacial score (nSPS) is 13.7. The third-order valence-corrected chi connectivity index (χ3v) is 3.57. The fourth-order valence-electron chi connectivity index (χ4n) is 2.27. The first-order valence-electron chi connectivity index (χ1n) is 7.51. The molecule has 0 saturated heterocycles. The van der Waals surface area contributed by atoms with Crippen molar-refractivity contribution in [1.29, 1.82) is 0 Å². The van der Waals surface area contributed by atoms with Crippen LogP contribution in [0.25, 0.3) is 0 Å². The molecule has 120 valence electrons. The standard InChI is InChI=1S/C17H20N4O2/c1-21-9-8-18-17(21)20-12-13-6-7-16(19-11-13)23-15-5-3-4-14(10-15)22-2/h3-7,10-11H,8-9,12H2,1-2H3,(H,18,20). The van der Waals surface area contributed by atoms with E-state index in [9.17, 15) is 0 Å². The summed E-state index contributed by atoms with van der Waals surface area (Å²) >= 11 is 0. The van der Waals surface area contributed by atoms with Crippen molar-refractivity contribution in [3.05, 3.63) is 48.2 Å². The van der Waals surface area contributed by atoms with Gasteiger partial charge in [-0.2, -0.15) is 0 Å². The van der Waals surface area contributed by atoms with Gasteiger partial charge < -0.3 is 19.7 Å². The Morgan fingerprint density at radius 1 is 1.22 bits per heavy atom. The molecule has 0 unspecified atom stereocenters. The molecule has 0 amide bonds. The van der Waals surface area contributed by atoms with E-state index < -0.39 is 0 Å². The van der Waals surface area contributed by atoms with Crippen LogP contribution in [0, 0.1) is 0 Å². The van der Waals surface area contributed by atoms with Crippen LogP contribution in [0.1, 0.15) is 5.56 Å². The number of likely N-dealkylation sites (N-methyl/N-ethyl adjacent to an activating group) is 1. The van der Waals surface area contributed by atoms with Crippen LogP contribution in [0.4, 0.5) is 0 Å². The highest BCUT2D eigenvalue weighted by atomic mass is 16.5. The van der Waals surface area contributed by atoms with Gasteiger partial charge in [-0.3, -0.25) is 4.99 Å². The molecule has 0 fully saturated rings. The van der Waals surface area contributed by atoms with E-state index in [2.05, 4.69) is 20.2 Å². The summed E-state index contributed by atoms with van der Waals surface area (Å²) in [5.41, 5.74) is 1.07. The van der Waals surface area contributed by atoms with Crippen LogP contribution in [0.3, 0.4) is 0 Å². The summed E-state index contributed by atoms with van der Waals surface area (Å²) in [4.78, 5) is 10.8. The Bertz CT molecular complexity index is 685. The summed E-state index contributed by atoms with van der Waals surface area (Å²) < 4.78 is 10.9. The lowest BCUT2D eigenvalue weighted by Gasteiger charge is -2.15. The van der Waals surface area contributed by atoms with Crippen LogP contribution in [-0.4, -0.2) is 43.1 Å². The van der Waals surface area contributed by atoms with Crippen LogP contribution in [0.2, 0.25) is 0 Å². The van der Waals surface area contributed by atoms with Crippen molar-refractivity contribution in [3.63, 3.8) is 0 Å². The molecule has 0 spiro atoms. The Hall–Kier alpha value is -2.76. The second kappa shape index (κ2) is 7.00. The van der Waals surface area contributed by atoms with Crippen LogP contribution in [0.15, 0.2) is 47.6 Å². The predicted molar refractivity (Wildman–Crippen MR) is 89.1 cm³/mol. The van der Waals surface area contributed by atoms with Crippen molar-refractivity contribution in [3.8, 4) is 17.4 Å². The van der Waals surface area contributed by atoms with Gasteiger partial charge in [-0.05, 0) is 17.7 Å². The number of aliphatic imine (C=N–C) groups is 1. The van der Waals surface area contributed by atoms with Gasteiger partial charge in [0.1, 0.15) is 11.5 Å². The van der Waals surface area contributed by atoms with Crippen molar-refractivity contribution >= 4 is 5.96 Å². The maximum absolute atomic E-state index is 5.73. The molecule has 1 aliphatic rings. The molecule has 1 aromatic carbocycles. The second-order valence-electron chi connectivity index (χ2n) is 5.27. The first-order valence-corrected chi connectivity index (χ1v) is 7.51. The van der Waals surface area contributed by atoms with Gasteiger partial charge in [-0.25, -0.2) is 4.98 Å². The van der Waals surface area contributed by atoms with Gasteiger partial charge in [0.15, 0.2) is 5.96 Å². The Morgan fingerprint density at radius 3 is 2.78 bits per heavy atom. The van der Waals surface area contributed by atoms with E-state index in [4.69, 9.17) is 9.47 Å². The molecule has 2 heterocycles. The quantitative estimate of drug-likeness (QED) is 0.918. The number of rotatable bonds is 5. The van der Waals surface area contributed by atoms with Crippen molar-refractivity contribution in [2.45, 2.75) is 6.54 Å². The molecule has 3 rings (SSSR count). The lowest BCUT2D eigenvalue weighted by atomic mass is 10.3. The van der Waals surface area contributed by atoms with Crippen molar-refractivity contribution in [2.75, 3.05) is 27.2 Å². The molecule has 1 aliphatic heterocycles. The van der Waals surface area contributed by atoms with Crippen molar-refractivity contribution in [2.24, 2.45) is 4.99 Å². The minimum Gasteiger partial charge on any atom is -0.497 e. The highest BCUT2D eigenvalue weighted by molar-refractivity contribution is 5.81. The SMILES string of the molecule is COc1cccc(Oc2ccc(CNC3=NCCN3C)cn2)c1. The van der Waals surface area contributed by atoms with Gasteiger partial charge >= 0.3 is 0 Å². The molecule has 6 nitrogen and oxygen atoms in total. The number of pyridine rings is 1. The number of ether oxygens (including phenoxy) is 2. The monoisotopic (exact) mass is 312 g/mol. The van der Waals surface area contributed by atoms with Crippen LogP contribution in [0.5, 0.6) is 17.4 Å². The van der Waals surface area contributed by atoms with E-state index in [1.807, 2.05) is 43.4 Å². The molecule has 0 radical (unpaired) electrons. The van der Waals surface area contributed by atoms with Gasteiger partial charge in [0.25, 0.3) is 0 Å². The largest absolute Gasteiger partial charge is 0.497 e. The summed E-state index contributed by atoms with van der Waals surface area (Å²) in [6.45, 7) is 2.51. The molecule has 0 aliphatic carbocycles. The van der Waals surface area contributed by atoms with Gasteiger partial charge in [0.2, 0.25) is 5.88 Å². The van der Waals surface area contributed by atoms with Crippen LogP contribution in [-0.2, 0) is 6.54 Å². The van der Waals surface area contributed by atoms with Crippen LogP contribution < -0.4 is 14.8 Å². The highest BCUT2D eigenvalue weighted by Crippen LogP contribution is 2.23. The first-order chi connectivity index (χ1) is 11.2. The topological polar surface area (TPSA) is 59.0 Å². The average Bonchev–Trinajstić information content (AvgIpc) is 2.99. The highest BCUT2D eigenvalue weighted by Gasteiger charge is 2.11. The molecule has 0 saturated carbocycles. The van der Waals surface area contributed by atoms with Crippen molar-refractivity contribution in [1.82, 2.24) is 15.2 Å². The van der Waals surface area contributed by atoms with E-state index in [1.165, 1.54) is 0 Å². The molecule has 1 aromatic heterocycles. The van der Waals surface area contributed by atoms with E-state index in [-0.39, 0.29) is 0 Å². The molecule has 23 heavy (non-hydrogen) atoms. The summed E-state index contributed by atoms with van der Waals surface area (Å²) in [6, 6.07) is 11.3. The molecular formula is C17H20N4O2. The maximum Gasteiger partial charge on any atom is 0.219 e.